The fraction of sp³-hybridized carbons (Fsp3) is 0.512. The fourth-order valence-electron chi connectivity index (χ4n) is 9.38. The van der Waals surface area contributed by atoms with Gasteiger partial charge in [0, 0.05) is 42.2 Å². The number of likely N-dealkylation sites (N-methyl/N-ethyl adjacent to an activating group) is 1. The predicted molar refractivity (Wildman–Crippen MR) is 210 cm³/mol. The van der Waals surface area contributed by atoms with E-state index in [0.29, 0.717) is 63.9 Å². The number of carbonyl (C=O) groups excluding carboxylic acids is 1. The van der Waals surface area contributed by atoms with Crippen LogP contribution < -0.4 is 20.3 Å². The molecule has 2 fully saturated rings. The van der Waals surface area contributed by atoms with Crippen LogP contribution in [0.2, 0.25) is 16.6 Å². The third kappa shape index (κ3) is 6.44. The summed E-state index contributed by atoms with van der Waals surface area (Å²) in [5.41, 5.74) is 5.21. The third-order valence-corrected chi connectivity index (χ3v) is 18.0. The monoisotopic (exact) mass is 739 g/mol. The van der Waals surface area contributed by atoms with E-state index in [1.807, 2.05) is 38.1 Å². The minimum Gasteiger partial charge on any atom is -0.475 e. The summed E-state index contributed by atoms with van der Waals surface area (Å²) < 4.78 is 40.0. The molecule has 5 heterocycles. The first-order chi connectivity index (χ1) is 25.2. The molecule has 0 radical (unpaired) electrons. The van der Waals surface area contributed by atoms with E-state index in [4.69, 9.17) is 14.7 Å². The lowest BCUT2D eigenvalue weighted by molar-refractivity contribution is 0.0924. The molecule has 0 spiro atoms. The summed E-state index contributed by atoms with van der Waals surface area (Å²) >= 11 is 0. The summed E-state index contributed by atoms with van der Waals surface area (Å²) in [6.45, 7) is 16.7. The molecule has 0 saturated carbocycles. The first-order valence-electron chi connectivity index (χ1n) is 19.0. The molecule has 280 valence electrons. The summed E-state index contributed by atoms with van der Waals surface area (Å²) in [5, 5.41) is 8.21. The molecule has 7 rings (SSSR count). The summed E-state index contributed by atoms with van der Waals surface area (Å²) in [7, 11) is 1.61. The van der Waals surface area contributed by atoms with E-state index in [0.717, 1.165) is 12.8 Å². The van der Waals surface area contributed by atoms with Crippen molar-refractivity contribution in [3.8, 4) is 28.6 Å². The van der Waals surface area contributed by atoms with Crippen LogP contribution in [0.1, 0.15) is 77.5 Å². The highest BCUT2D eigenvalue weighted by Gasteiger charge is 2.45. The van der Waals surface area contributed by atoms with Gasteiger partial charge in [-0.25, -0.2) is 23.7 Å². The summed E-state index contributed by atoms with van der Waals surface area (Å²) in [5.74, 6) is 2.15. The highest BCUT2D eigenvalue weighted by Crippen LogP contribution is 2.44. The van der Waals surface area contributed by atoms with Crippen LogP contribution in [-0.4, -0.2) is 91.8 Å². The SMILES string of the molecule is CC(C)[Si](C#Cc1c(F)ccc2cccc(-c3nc4c5c(nc(C(=O)N[C@H](C)CN(C)C)nc5c3F)N3C[C@@H]5CC[C@@H](N5)[C@H]3CO4)c12)(C(C)C)C(C)C. The molecule has 3 aliphatic heterocycles. The number of hydrogen-bond donors (Lipinski definition) is 2. The predicted octanol–water partition coefficient (Wildman–Crippen LogP) is 7.07. The van der Waals surface area contributed by atoms with E-state index >= 15 is 8.78 Å². The quantitative estimate of drug-likeness (QED) is 0.146. The molecular formula is C41H51F2N7O2Si. The molecule has 2 aromatic heterocycles. The number of ether oxygens (including phenoxy) is 1. The maximum absolute atomic E-state index is 17.4. The van der Waals surface area contributed by atoms with Gasteiger partial charge in [-0.2, -0.15) is 0 Å². The summed E-state index contributed by atoms with van der Waals surface area (Å²) in [6.07, 6.45) is 1.99. The molecule has 1 amide bonds. The molecule has 12 heteroatoms. The normalized spacial score (nSPS) is 20.1. The lowest BCUT2D eigenvalue weighted by Gasteiger charge is -2.40. The van der Waals surface area contributed by atoms with Gasteiger partial charge in [0.2, 0.25) is 11.7 Å². The number of aromatic nitrogens is 3. The number of amides is 1. The Morgan fingerprint density at radius 3 is 2.45 bits per heavy atom. The van der Waals surface area contributed by atoms with Crippen molar-refractivity contribution in [2.75, 3.05) is 38.7 Å². The van der Waals surface area contributed by atoms with Crippen LogP contribution in [0.25, 0.3) is 32.9 Å². The van der Waals surface area contributed by atoms with Crippen molar-refractivity contribution in [1.82, 2.24) is 30.5 Å². The first-order valence-corrected chi connectivity index (χ1v) is 21.2. The average molecular weight is 740 g/mol. The van der Waals surface area contributed by atoms with E-state index in [1.165, 1.54) is 6.07 Å². The number of nitrogens with one attached hydrogen (secondary N) is 2. The second-order valence-corrected chi connectivity index (χ2v) is 21.9. The Kier molecular flexibility index (Phi) is 9.97. The minimum atomic E-state index is -2.25. The Balaban J connectivity index is 1.46. The Labute approximate surface area is 312 Å². The van der Waals surface area contributed by atoms with Gasteiger partial charge in [0.15, 0.2) is 5.82 Å². The molecule has 9 nitrogen and oxygen atoms in total. The molecule has 2 aromatic carbocycles. The van der Waals surface area contributed by atoms with Gasteiger partial charge in [-0.15, -0.1) is 5.54 Å². The molecule has 4 atom stereocenters. The van der Waals surface area contributed by atoms with Gasteiger partial charge >= 0.3 is 0 Å². The van der Waals surface area contributed by atoms with Crippen molar-refractivity contribution in [1.29, 1.82) is 0 Å². The second kappa shape index (κ2) is 14.2. The molecule has 2 saturated heterocycles. The number of rotatable bonds is 8. The highest BCUT2D eigenvalue weighted by atomic mass is 28.3. The summed E-state index contributed by atoms with van der Waals surface area (Å²) in [4.78, 5) is 32.2. The topological polar surface area (TPSA) is 95.5 Å². The fourth-order valence-corrected chi connectivity index (χ4v) is 14.6. The molecule has 2 N–H and O–H groups in total. The van der Waals surface area contributed by atoms with Crippen molar-refractivity contribution >= 4 is 41.5 Å². The van der Waals surface area contributed by atoms with Crippen LogP contribution in [0.4, 0.5) is 14.6 Å². The number of anilines is 1. The lowest BCUT2D eigenvalue weighted by Crippen LogP contribution is -2.60. The number of hydrogen-bond acceptors (Lipinski definition) is 8. The Bertz CT molecular complexity index is 2120. The van der Waals surface area contributed by atoms with Gasteiger partial charge in [-0.05, 0) is 61.9 Å². The van der Waals surface area contributed by atoms with Crippen molar-refractivity contribution < 1.29 is 18.3 Å². The largest absolute Gasteiger partial charge is 0.475 e. The molecule has 53 heavy (non-hydrogen) atoms. The maximum atomic E-state index is 17.4. The zero-order valence-corrected chi connectivity index (χ0v) is 33.3. The zero-order chi connectivity index (χ0) is 37.9. The van der Waals surface area contributed by atoms with Crippen LogP contribution in [0.15, 0.2) is 30.3 Å². The molecule has 2 bridgehead atoms. The van der Waals surface area contributed by atoms with Crippen LogP contribution >= 0.6 is 0 Å². The molecule has 4 aromatic rings. The standard InChI is InChI=1S/C41H51F2N7O2Si/c1-22(2)53(23(3)4,24(5)6)18-17-28-30(42)15-13-26-11-10-12-29(33(26)28)36-35(43)37-34-39(48-38(46-37)40(51)44-25(7)19-49(8)9)50-20-27-14-16-31(45-27)32(50)21-52-41(34)47-36/h10-13,15,22-25,27,31-32,45H,14,16,19-21H2,1-9H3,(H,44,51)/t25-,27+,31-,32-/m1/s1. The van der Waals surface area contributed by atoms with Crippen molar-refractivity contribution in [2.24, 2.45) is 0 Å². The van der Waals surface area contributed by atoms with E-state index in [1.54, 1.807) is 12.1 Å². The van der Waals surface area contributed by atoms with Crippen LogP contribution in [0.3, 0.4) is 0 Å². The molecular weight excluding hydrogens is 689 g/mol. The number of benzene rings is 2. The highest BCUT2D eigenvalue weighted by molar-refractivity contribution is 6.90. The number of halogens is 2. The number of piperazine rings is 1. The van der Waals surface area contributed by atoms with Crippen LogP contribution in [0, 0.1) is 23.1 Å². The van der Waals surface area contributed by atoms with Crippen LogP contribution in [-0.2, 0) is 0 Å². The Morgan fingerprint density at radius 2 is 1.75 bits per heavy atom. The lowest BCUT2D eigenvalue weighted by atomic mass is 9.96. The second-order valence-electron chi connectivity index (χ2n) is 16.4. The molecule has 3 aliphatic rings. The van der Waals surface area contributed by atoms with E-state index in [2.05, 4.69) is 73.5 Å². The third-order valence-electron chi connectivity index (χ3n) is 11.7. The number of fused-ring (bicyclic) bond motifs is 6. The molecule has 0 aliphatic carbocycles. The van der Waals surface area contributed by atoms with Crippen molar-refractivity contribution in [3.05, 3.63) is 53.4 Å². The van der Waals surface area contributed by atoms with Crippen molar-refractivity contribution in [3.63, 3.8) is 0 Å². The Morgan fingerprint density at radius 1 is 1.02 bits per heavy atom. The van der Waals surface area contributed by atoms with Gasteiger partial charge in [-0.3, -0.25) is 4.79 Å². The average Bonchev–Trinajstić information content (AvgIpc) is 3.41. The van der Waals surface area contributed by atoms with E-state index in [9.17, 15) is 4.79 Å². The smallest absolute Gasteiger partial charge is 0.289 e. The minimum absolute atomic E-state index is 0.0386. The Hall–Kier alpha value is -4.18. The van der Waals surface area contributed by atoms with Gasteiger partial charge in [0.1, 0.15) is 42.9 Å². The van der Waals surface area contributed by atoms with Crippen LogP contribution in [0.5, 0.6) is 5.88 Å². The molecule has 0 unspecified atom stereocenters. The van der Waals surface area contributed by atoms with Crippen molar-refractivity contribution in [2.45, 2.75) is 102 Å². The number of carbonyl (C=O) groups is 1. The summed E-state index contributed by atoms with van der Waals surface area (Å²) in [6, 6.07) is 8.65. The first kappa shape index (κ1) is 37.1. The zero-order valence-electron chi connectivity index (χ0n) is 32.3. The van der Waals surface area contributed by atoms with Gasteiger partial charge in [0.25, 0.3) is 5.91 Å². The van der Waals surface area contributed by atoms with Gasteiger partial charge in [-0.1, -0.05) is 71.7 Å². The van der Waals surface area contributed by atoms with E-state index in [-0.39, 0.29) is 52.6 Å². The number of pyridine rings is 1. The van der Waals surface area contributed by atoms with E-state index < -0.39 is 25.6 Å². The maximum Gasteiger partial charge on any atom is 0.289 e. The number of nitrogens with zero attached hydrogens (tertiary/aromatic N) is 5. The van der Waals surface area contributed by atoms with Gasteiger partial charge in [0.05, 0.1) is 11.6 Å². The van der Waals surface area contributed by atoms with Gasteiger partial charge < -0.3 is 25.2 Å².